The van der Waals surface area contributed by atoms with Crippen LogP contribution < -0.4 is 11.1 Å². The minimum Gasteiger partial charge on any atom is -0.383 e. The molecule has 0 aliphatic rings. The van der Waals surface area contributed by atoms with Crippen molar-refractivity contribution in [3.05, 3.63) is 38.6 Å². The molecule has 2 rings (SSSR count). The highest BCUT2D eigenvalue weighted by Gasteiger charge is 2.14. The number of nitrogens with one attached hydrogen (secondary N) is 1. The molecule has 1 amide bonds. The number of nitrogen functional groups attached to an aromatic ring is 1. The largest absolute Gasteiger partial charge is 0.383 e. The molecule has 0 bridgehead atoms. The van der Waals surface area contributed by atoms with Gasteiger partial charge in [-0.3, -0.25) is 9.48 Å². The molecule has 7 heteroatoms. The molecule has 0 spiro atoms. The van der Waals surface area contributed by atoms with Gasteiger partial charge in [0.2, 0.25) is 0 Å². The molecule has 1 heterocycles. The van der Waals surface area contributed by atoms with Gasteiger partial charge in [0.05, 0.1) is 16.9 Å². The smallest absolute Gasteiger partial charge is 0.261 e. The third kappa shape index (κ3) is 2.59. The maximum Gasteiger partial charge on any atom is 0.261 e. The summed E-state index contributed by atoms with van der Waals surface area (Å²) in [6.45, 7) is 0. The number of nitrogens with two attached hydrogens (primary N) is 1. The van der Waals surface area contributed by atoms with E-state index in [-0.39, 0.29) is 5.91 Å². The molecular formula is C11H10ClIN4O. The molecule has 0 saturated heterocycles. The summed E-state index contributed by atoms with van der Waals surface area (Å²) in [7, 11) is 1.67. The molecular weight excluding hydrogens is 367 g/mol. The zero-order valence-corrected chi connectivity index (χ0v) is 12.4. The van der Waals surface area contributed by atoms with E-state index >= 15 is 0 Å². The normalized spacial score (nSPS) is 10.4. The third-order valence-corrected chi connectivity index (χ3v) is 3.39. The highest BCUT2D eigenvalue weighted by molar-refractivity contribution is 14.1. The second-order valence-electron chi connectivity index (χ2n) is 3.65. The molecule has 5 nitrogen and oxygen atoms in total. The number of benzene rings is 1. The van der Waals surface area contributed by atoms with Gasteiger partial charge in [0, 0.05) is 10.6 Å². The Labute approximate surface area is 122 Å². The van der Waals surface area contributed by atoms with Crippen LogP contribution in [0.3, 0.4) is 0 Å². The molecule has 94 valence electrons. The van der Waals surface area contributed by atoms with Gasteiger partial charge in [-0.1, -0.05) is 11.6 Å². The minimum absolute atomic E-state index is 0.314. The Morgan fingerprint density at radius 1 is 1.56 bits per heavy atom. The van der Waals surface area contributed by atoms with Gasteiger partial charge in [-0.25, -0.2) is 0 Å². The summed E-state index contributed by atoms with van der Waals surface area (Å²) in [5.41, 5.74) is 6.60. The van der Waals surface area contributed by atoms with Crippen molar-refractivity contribution in [1.82, 2.24) is 9.78 Å². The van der Waals surface area contributed by atoms with Crippen LogP contribution in [0.2, 0.25) is 5.02 Å². The zero-order chi connectivity index (χ0) is 13.3. The highest BCUT2D eigenvalue weighted by atomic mass is 127. The van der Waals surface area contributed by atoms with Crippen LogP contribution in [-0.2, 0) is 7.05 Å². The van der Waals surface area contributed by atoms with Crippen LogP contribution in [0, 0.1) is 3.57 Å². The van der Waals surface area contributed by atoms with Gasteiger partial charge in [0.1, 0.15) is 11.4 Å². The van der Waals surface area contributed by atoms with E-state index in [0.29, 0.717) is 22.1 Å². The maximum atomic E-state index is 12.0. The van der Waals surface area contributed by atoms with Gasteiger partial charge in [0.15, 0.2) is 0 Å². The van der Waals surface area contributed by atoms with Crippen molar-refractivity contribution in [2.24, 2.45) is 7.05 Å². The third-order valence-electron chi connectivity index (χ3n) is 2.41. The number of aromatic nitrogens is 2. The first-order chi connectivity index (χ1) is 8.49. The summed E-state index contributed by atoms with van der Waals surface area (Å²) in [5, 5.41) is 7.10. The number of halogens is 2. The van der Waals surface area contributed by atoms with E-state index in [1.54, 1.807) is 19.2 Å². The monoisotopic (exact) mass is 376 g/mol. The second-order valence-corrected chi connectivity index (χ2v) is 5.30. The Morgan fingerprint density at radius 3 is 2.83 bits per heavy atom. The van der Waals surface area contributed by atoms with Gasteiger partial charge < -0.3 is 11.1 Å². The van der Waals surface area contributed by atoms with Crippen LogP contribution in [0.4, 0.5) is 11.5 Å². The van der Waals surface area contributed by atoms with Gasteiger partial charge in [-0.15, -0.1) is 0 Å². The van der Waals surface area contributed by atoms with Gasteiger partial charge in [-0.05, 0) is 40.8 Å². The Bertz CT molecular complexity index is 611. The predicted octanol–water partition coefficient (Wildman–Crippen LogP) is 2.51. The maximum absolute atomic E-state index is 12.0. The first-order valence-corrected chi connectivity index (χ1v) is 6.48. The fourth-order valence-corrected chi connectivity index (χ4v) is 2.31. The van der Waals surface area contributed by atoms with Crippen molar-refractivity contribution in [2.45, 2.75) is 0 Å². The number of nitrogens with zero attached hydrogens (tertiary/aromatic N) is 2. The summed E-state index contributed by atoms with van der Waals surface area (Å²) in [4.78, 5) is 12.0. The highest BCUT2D eigenvalue weighted by Crippen LogP contribution is 2.24. The predicted molar refractivity (Wildman–Crippen MR) is 79.7 cm³/mol. The van der Waals surface area contributed by atoms with Crippen LogP contribution in [0.15, 0.2) is 24.4 Å². The topological polar surface area (TPSA) is 72.9 Å². The van der Waals surface area contributed by atoms with E-state index in [9.17, 15) is 4.79 Å². The Kier molecular flexibility index (Phi) is 3.76. The van der Waals surface area contributed by atoms with Crippen LogP contribution in [0.25, 0.3) is 0 Å². The van der Waals surface area contributed by atoms with Crippen LogP contribution >= 0.6 is 34.2 Å². The van der Waals surface area contributed by atoms with Crippen molar-refractivity contribution >= 4 is 51.6 Å². The number of carbonyl (C=O) groups excluding carboxylic acids is 1. The minimum atomic E-state index is -0.330. The zero-order valence-electron chi connectivity index (χ0n) is 9.45. The van der Waals surface area contributed by atoms with Crippen molar-refractivity contribution < 1.29 is 4.79 Å². The number of amides is 1. The fourth-order valence-electron chi connectivity index (χ4n) is 1.40. The van der Waals surface area contributed by atoms with Crippen LogP contribution in [0.1, 0.15) is 10.4 Å². The molecule has 0 fully saturated rings. The number of aryl methyl sites for hydroxylation is 1. The van der Waals surface area contributed by atoms with E-state index < -0.39 is 0 Å². The summed E-state index contributed by atoms with van der Waals surface area (Å²) in [6, 6.07) is 5.37. The Morgan fingerprint density at radius 2 is 2.28 bits per heavy atom. The van der Waals surface area contributed by atoms with Gasteiger partial charge in [-0.2, -0.15) is 5.10 Å². The van der Waals surface area contributed by atoms with Crippen molar-refractivity contribution in [3.63, 3.8) is 0 Å². The SMILES string of the molecule is Cn1ncc(C(=O)Nc2ccc(I)cc2Cl)c1N. The summed E-state index contributed by atoms with van der Waals surface area (Å²) in [5.74, 6) is -0.0159. The average Bonchev–Trinajstić information content (AvgIpc) is 2.64. The van der Waals surface area contributed by atoms with E-state index in [1.165, 1.54) is 10.9 Å². The second kappa shape index (κ2) is 5.15. The number of rotatable bonds is 2. The lowest BCUT2D eigenvalue weighted by molar-refractivity contribution is 0.102. The molecule has 0 aliphatic carbocycles. The quantitative estimate of drug-likeness (QED) is 0.791. The standard InChI is InChI=1S/C11H10ClIN4O/c1-17-10(14)7(5-15-17)11(18)16-9-3-2-6(13)4-8(9)12/h2-5H,14H2,1H3,(H,16,18). The number of hydrogen-bond donors (Lipinski definition) is 2. The molecule has 2 aromatic rings. The molecule has 1 aromatic heterocycles. The van der Waals surface area contributed by atoms with Crippen molar-refractivity contribution in [3.8, 4) is 0 Å². The first-order valence-electron chi connectivity index (χ1n) is 5.03. The fraction of sp³-hybridized carbons (Fsp3) is 0.0909. The van der Waals surface area contributed by atoms with E-state index in [2.05, 4.69) is 33.0 Å². The van der Waals surface area contributed by atoms with Crippen molar-refractivity contribution in [1.29, 1.82) is 0 Å². The first kappa shape index (κ1) is 13.2. The molecule has 3 N–H and O–H groups in total. The summed E-state index contributed by atoms with van der Waals surface area (Å²) >= 11 is 8.18. The van der Waals surface area contributed by atoms with E-state index in [0.717, 1.165) is 3.57 Å². The van der Waals surface area contributed by atoms with Gasteiger partial charge >= 0.3 is 0 Å². The lowest BCUT2D eigenvalue weighted by atomic mass is 10.2. The molecule has 0 radical (unpaired) electrons. The number of anilines is 2. The summed E-state index contributed by atoms with van der Waals surface area (Å²) in [6.07, 6.45) is 1.42. The molecule has 0 aliphatic heterocycles. The average molecular weight is 377 g/mol. The van der Waals surface area contributed by atoms with Gasteiger partial charge in [0.25, 0.3) is 5.91 Å². The molecule has 0 atom stereocenters. The van der Waals surface area contributed by atoms with E-state index in [4.69, 9.17) is 17.3 Å². The number of hydrogen-bond acceptors (Lipinski definition) is 3. The van der Waals surface area contributed by atoms with E-state index in [1.807, 2.05) is 6.07 Å². The van der Waals surface area contributed by atoms with Crippen LogP contribution in [0.5, 0.6) is 0 Å². The van der Waals surface area contributed by atoms with Crippen LogP contribution in [-0.4, -0.2) is 15.7 Å². The lowest BCUT2D eigenvalue weighted by Crippen LogP contribution is -2.14. The van der Waals surface area contributed by atoms with Crippen molar-refractivity contribution in [2.75, 3.05) is 11.1 Å². The molecule has 18 heavy (non-hydrogen) atoms. The Balaban J connectivity index is 2.24. The lowest BCUT2D eigenvalue weighted by Gasteiger charge is -2.07. The molecule has 1 aromatic carbocycles. The Hall–Kier alpha value is -1.28. The number of carbonyl (C=O) groups is 1. The molecule has 0 unspecified atom stereocenters. The summed E-state index contributed by atoms with van der Waals surface area (Å²) < 4.78 is 2.43. The molecule has 0 saturated carbocycles.